The zero-order valence-electron chi connectivity index (χ0n) is 25.1. The quantitative estimate of drug-likeness (QED) is 0.163. The van der Waals surface area contributed by atoms with Gasteiger partial charge in [-0.2, -0.15) is 0 Å². The fourth-order valence-corrected chi connectivity index (χ4v) is 6.28. The number of carbonyl (C=O) groups excluding carboxylic acids is 2. The summed E-state index contributed by atoms with van der Waals surface area (Å²) in [7, 11) is 1.64. The van der Waals surface area contributed by atoms with Crippen molar-refractivity contribution >= 4 is 22.7 Å². The van der Waals surface area contributed by atoms with E-state index in [4.69, 9.17) is 18.9 Å². The van der Waals surface area contributed by atoms with Crippen LogP contribution in [0.5, 0.6) is 28.7 Å². The van der Waals surface area contributed by atoms with E-state index >= 15 is 0 Å². The van der Waals surface area contributed by atoms with E-state index in [1.54, 1.807) is 7.11 Å². The molecule has 6 nitrogen and oxygen atoms in total. The third-order valence-electron chi connectivity index (χ3n) is 7.37. The minimum atomic E-state index is -0.417. The molecule has 0 aliphatic carbocycles. The monoisotopic (exact) mass is 592 g/mol. The molecule has 0 bridgehead atoms. The number of hydrogen-bond acceptors (Lipinski definition) is 7. The highest BCUT2D eigenvalue weighted by Gasteiger charge is 2.36. The van der Waals surface area contributed by atoms with Crippen molar-refractivity contribution in [1.29, 1.82) is 0 Å². The van der Waals surface area contributed by atoms with Crippen LogP contribution in [0.15, 0.2) is 60.7 Å². The smallest absolute Gasteiger partial charge is 0.190 e. The second-order valence-corrected chi connectivity index (χ2v) is 11.7. The summed E-state index contributed by atoms with van der Waals surface area (Å²) in [5.74, 6) is 4.00. The lowest BCUT2D eigenvalue weighted by molar-refractivity contribution is -0.126. The Morgan fingerprint density at radius 1 is 0.786 bits per heavy atom. The van der Waals surface area contributed by atoms with Crippen LogP contribution in [-0.2, 0) is 22.4 Å². The lowest BCUT2D eigenvalue weighted by Crippen LogP contribution is -2.28. The molecule has 1 aliphatic rings. The summed E-state index contributed by atoms with van der Waals surface area (Å²) in [5, 5.41) is -0.315. The van der Waals surface area contributed by atoms with Crippen LogP contribution in [0.2, 0.25) is 0 Å². The fraction of sp³-hybridized carbons (Fsp3) is 0.429. The van der Waals surface area contributed by atoms with Crippen LogP contribution in [0, 0.1) is 5.92 Å². The van der Waals surface area contributed by atoms with Gasteiger partial charge in [-0.3, -0.25) is 9.59 Å². The Hall–Kier alpha value is -3.45. The van der Waals surface area contributed by atoms with Crippen molar-refractivity contribution in [1.82, 2.24) is 0 Å². The number of methoxy groups -OCH3 is 1. The lowest BCUT2D eigenvalue weighted by Gasteiger charge is -2.26. The first kappa shape index (κ1) is 31.5. The van der Waals surface area contributed by atoms with Crippen LogP contribution in [0.1, 0.15) is 76.2 Å². The summed E-state index contributed by atoms with van der Waals surface area (Å²) in [6, 6.07) is 19.4. The summed E-state index contributed by atoms with van der Waals surface area (Å²) in [6.07, 6.45) is 5.49. The number of aryl methyl sites for hydroxylation is 2. The van der Waals surface area contributed by atoms with Gasteiger partial charge in [0.1, 0.15) is 28.7 Å². The Labute approximate surface area is 255 Å². The highest BCUT2D eigenvalue weighted by Crippen LogP contribution is 2.41. The van der Waals surface area contributed by atoms with E-state index in [-0.39, 0.29) is 18.2 Å². The normalized spacial score (nSPS) is 16.8. The van der Waals surface area contributed by atoms with Crippen LogP contribution < -0.4 is 18.9 Å². The maximum Gasteiger partial charge on any atom is 0.190 e. The summed E-state index contributed by atoms with van der Waals surface area (Å²) in [4.78, 5) is 25.3. The van der Waals surface area contributed by atoms with Crippen LogP contribution in [-0.4, -0.2) is 31.2 Å². The molecule has 0 aromatic heterocycles. The molecular weight excluding hydrogens is 548 g/mol. The van der Waals surface area contributed by atoms with Gasteiger partial charge in [0, 0.05) is 20.2 Å². The molecule has 7 heteroatoms. The second-order valence-electron chi connectivity index (χ2n) is 10.5. The summed E-state index contributed by atoms with van der Waals surface area (Å²) in [6.45, 7) is 7.30. The Balaban J connectivity index is 0.00000506. The zero-order valence-corrected chi connectivity index (χ0v) is 26.0. The van der Waals surface area contributed by atoms with Crippen molar-refractivity contribution in [3.8, 4) is 28.7 Å². The van der Waals surface area contributed by atoms with E-state index < -0.39 is 5.25 Å². The molecule has 1 heterocycles. The van der Waals surface area contributed by atoms with E-state index in [1.807, 2.05) is 61.5 Å². The molecule has 1 fully saturated rings. The van der Waals surface area contributed by atoms with Crippen molar-refractivity contribution < 1.29 is 30.0 Å². The predicted octanol–water partition coefficient (Wildman–Crippen LogP) is 8.79. The van der Waals surface area contributed by atoms with E-state index in [1.165, 1.54) is 11.8 Å². The van der Waals surface area contributed by atoms with Crippen molar-refractivity contribution in [2.75, 3.05) is 20.3 Å². The maximum absolute atomic E-state index is 13.0. The SMILES string of the molecule is CCCc1cc(Oc2ccc(OC)cc2)ccc1OCCCOc1ccc(C2SC(=O)CC(CC)C2=O)cc1CCC.[HH]. The molecule has 226 valence electrons. The molecule has 0 N–H and O–H groups in total. The second kappa shape index (κ2) is 15.7. The third kappa shape index (κ3) is 8.31. The Morgan fingerprint density at radius 3 is 2.00 bits per heavy atom. The molecule has 0 spiro atoms. The van der Waals surface area contributed by atoms with Crippen LogP contribution >= 0.6 is 11.8 Å². The Kier molecular flexibility index (Phi) is 11.8. The Morgan fingerprint density at radius 2 is 1.38 bits per heavy atom. The van der Waals surface area contributed by atoms with Crippen LogP contribution in [0.4, 0.5) is 0 Å². The molecule has 1 saturated heterocycles. The van der Waals surface area contributed by atoms with E-state index in [9.17, 15) is 9.59 Å². The number of carbonyl (C=O) groups is 2. The average Bonchev–Trinajstić information content (AvgIpc) is 3.00. The van der Waals surface area contributed by atoms with Crippen LogP contribution in [0.25, 0.3) is 0 Å². The molecule has 1 aliphatic heterocycles. The first-order valence-corrected chi connectivity index (χ1v) is 15.9. The molecular formula is C35H44O6S. The van der Waals surface area contributed by atoms with Gasteiger partial charge in [0.25, 0.3) is 0 Å². The average molecular weight is 593 g/mol. The van der Waals surface area contributed by atoms with Gasteiger partial charge in [-0.05, 0) is 84.5 Å². The summed E-state index contributed by atoms with van der Waals surface area (Å²) < 4.78 is 23.6. The molecule has 0 amide bonds. The van der Waals surface area contributed by atoms with E-state index in [0.29, 0.717) is 26.1 Å². The lowest BCUT2D eigenvalue weighted by atomic mass is 9.91. The number of ether oxygens (including phenoxy) is 4. The van der Waals surface area contributed by atoms with Crippen molar-refractivity contribution in [2.24, 2.45) is 5.92 Å². The van der Waals surface area contributed by atoms with Gasteiger partial charge in [0.05, 0.1) is 25.6 Å². The zero-order chi connectivity index (χ0) is 29.9. The van der Waals surface area contributed by atoms with E-state index in [0.717, 1.165) is 77.5 Å². The molecule has 2 atom stereocenters. The number of rotatable bonds is 15. The number of Topliss-reactive ketones (excluding diaryl/α,β-unsaturated/α-hetero) is 1. The first-order chi connectivity index (χ1) is 20.4. The van der Waals surface area contributed by atoms with Gasteiger partial charge in [-0.25, -0.2) is 0 Å². The minimum absolute atomic E-state index is 0. The molecule has 3 aromatic rings. The third-order valence-corrected chi connectivity index (χ3v) is 8.54. The van der Waals surface area contributed by atoms with Crippen LogP contribution in [0.3, 0.4) is 0 Å². The van der Waals surface area contributed by atoms with Crippen molar-refractivity contribution in [3.05, 3.63) is 77.4 Å². The highest BCUT2D eigenvalue weighted by molar-refractivity contribution is 8.14. The molecule has 42 heavy (non-hydrogen) atoms. The topological polar surface area (TPSA) is 71.1 Å². The Bertz CT molecular complexity index is 1340. The van der Waals surface area contributed by atoms with Gasteiger partial charge in [-0.15, -0.1) is 0 Å². The van der Waals surface area contributed by atoms with Gasteiger partial charge >= 0.3 is 0 Å². The first-order valence-electron chi connectivity index (χ1n) is 15.0. The maximum atomic E-state index is 13.0. The summed E-state index contributed by atoms with van der Waals surface area (Å²) >= 11 is 1.17. The molecule has 0 saturated carbocycles. The fourth-order valence-electron chi connectivity index (χ4n) is 5.13. The minimum Gasteiger partial charge on any atom is -0.497 e. The van der Waals surface area contributed by atoms with Gasteiger partial charge in [0.15, 0.2) is 10.9 Å². The molecule has 0 radical (unpaired) electrons. The van der Waals surface area contributed by atoms with Gasteiger partial charge in [-0.1, -0.05) is 57.5 Å². The molecule has 2 unspecified atom stereocenters. The highest BCUT2D eigenvalue weighted by atomic mass is 32.2. The predicted molar refractivity (Wildman–Crippen MR) is 170 cm³/mol. The standard InChI is InChI=1S/C35H42O6S.H2/c1-5-9-25-21-27(35-34(37)24(7-3)23-33(36)42-35)11-17-31(25)39-19-8-20-40-32-18-16-30(22-26(32)10-6-2)41-29-14-12-28(38-4)13-15-29;/h11-18,21-22,24,35H,5-10,19-20,23H2,1-4H3;1H. The van der Waals surface area contributed by atoms with Gasteiger partial charge < -0.3 is 18.9 Å². The number of hydrogen-bond donors (Lipinski definition) is 0. The van der Waals surface area contributed by atoms with E-state index in [2.05, 4.69) is 19.9 Å². The summed E-state index contributed by atoms with van der Waals surface area (Å²) in [5.41, 5.74) is 3.09. The largest absolute Gasteiger partial charge is 0.497 e. The van der Waals surface area contributed by atoms with Crippen molar-refractivity contribution in [3.63, 3.8) is 0 Å². The number of benzene rings is 3. The number of ketones is 1. The molecule has 4 rings (SSSR count). The van der Waals surface area contributed by atoms with Crippen molar-refractivity contribution in [2.45, 2.75) is 71.0 Å². The number of thioether (sulfide) groups is 1. The molecule has 3 aromatic carbocycles. The van der Waals surface area contributed by atoms with Gasteiger partial charge in [0.2, 0.25) is 0 Å².